The summed E-state index contributed by atoms with van der Waals surface area (Å²) in [5, 5.41) is 27.3. The van der Waals surface area contributed by atoms with Crippen LogP contribution in [0.25, 0.3) is 16.7 Å². The number of nitriles is 1. The quantitative estimate of drug-likeness (QED) is 0.360. The number of H-pyrrole nitrogens is 1. The van der Waals surface area contributed by atoms with Gasteiger partial charge in [-0.25, -0.2) is 0 Å². The highest BCUT2D eigenvalue weighted by atomic mass is 16.6. The van der Waals surface area contributed by atoms with E-state index in [0.717, 1.165) is 24.1 Å². The van der Waals surface area contributed by atoms with Crippen molar-refractivity contribution in [2.45, 2.75) is 18.9 Å². The molecule has 3 heterocycles. The van der Waals surface area contributed by atoms with E-state index < -0.39 is 0 Å². The van der Waals surface area contributed by atoms with Gasteiger partial charge in [-0.1, -0.05) is 0 Å². The predicted molar refractivity (Wildman–Crippen MR) is 122 cm³/mol. The van der Waals surface area contributed by atoms with Crippen LogP contribution >= 0.6 is 0 Å². The molecule has 1 aromatic carbocycles. The highest BCUT2D eigenvalue weighted by molar-refractivity contribution is 5.94. The third-order valence-electron chi connectivity index (χ3n) is 5.31. The van der Waals surface area contributed by atoms with E-state index in [1.54, 1.807) is 19.3 Å². The first-order chi connectivity index (χ1) is 15.7. The molecular weight excluding hydrogens is 408 g/mol. The number of ether oxygens (including phenoxy) is 2. The molecular formula is C22H22N8O2. The molecule has 0 bridgehead atoms. The molecule has 5 N–H and O–H groups in total. The zero-order valence-corrected chi connectivity index (χ0v) is 17.5. The van der Waals surface area contributed by atoms with Gasteiger partial charge in [-0.15, -0.1) is 0 Å². The lowest BCUT2D eigenvalue weighted by atomic mass is 10.1. The third kappa shape index (κ3) is 3.54. The summed E-state index contributed by atoms with van der Waals surface area (Å²) in [7, 11) is 1.79. The Labute approximate surface area is 184 Å². The molecule has 2 aliphatic rings. The maximum atomic E-state index is 9.44. The van der Waals surface area contributed by atoms with Crippen molar-refractivity contribution in [2.24, 2.45) is 0 Å². The molecule has 0 spiro atoms. The smallest absolute Gasteiger partial charge is 0.231 e. The zero-order valence-electron chi connectivity index (χ0n) is 17.5. The van der Waals surface area contributed by atoms with Crippen LogP contribution in [0.5, 0.6) is 11.5 Å². The Morgan fingerprint density at radius 3 is 2.78 bits per heavy atom. The first kappa shape index (κ1) is 19.7. The molecule has 0 amide bonds. The topological polar surface area (TPSA) is 144 Å². The molecule has 1 aliphatic carbocycles. The molecule has 1 aliphatic heterocycles. The minimum Gasteiger partial charge on any atom is -0.485 e. The van der Waals surface area contributed by atoms with Crippen LogP contribution in [0.1, 0.15) is 24.0 Å². The Morgan fingerprint density at radius 1 is 1.25 bits per heavy atom. The van der Waals surface area contributed by atoms with E-state index in [0.29, 0.717) is 64.8 Å². The summed E-state index contributed by atoms with van der Waals surface area (Å²) in [6.45, 7) is 0.854. The summed E-state index contributed by atoms with van der Waals surface area (Å²) in [6.07, 6.45) is 6.68. The van der Waals surface area contributed by atoms with Gasteiger partial charge >= 0.3 is 0 Å². The maximum Gasteiger partial charge on any atom is 0.231 e. The van der Waals surface area contributed by atoms with E-state index in [9.17, 15) is 5.26 Å². The Morgan fingerprint density at radius 2 is 2.06 bits per heavy atom. The van der Waals surface area contributed by atoms with Gasteiger partial charge in [-0.05, 0) is 31.1 Å². The number of benzene rings is 1. The van der Waals surface area contributed by atoms with Crippen LogP contribution in [0, 0.1) is 16.7 Å². The van der Waals surface area contributed by atoms with Gasteiger partial charge in [0.1, 0.15) is 30.7 Å². The molecule has 0 atom stereocenters. The Kier molecular flexibility index (Phi) is 4.99. The number of nitrogens with zero attached hydrogens (tertiary/aromatic N) is 3. The first-order valence-corrected chi connectivity index (χ1v) is 10.4. The van der Waals surface area contributed by atoms with Crippen molar-refractivity contribution in [3.63, 3.8) is 0 Å². The van der Waals surface area contributed by atoms with Gasteiger partial charge in [-0.3, -0.25) is 0 Å². The number of allylic oxidation sites excluding steroid dienone is 1. The lowest BCUT2D eigenvalue weighted by Crippen LogP contribution is -2.19. The predicted octanol–water partition coefficient (Wildman–Crippen LogP) is 3.13. The van der Waals surface area contributed by atoms with Crippen LogP contribution in [0.2, 0.25) is 0 Å². The molecule has 1 fully saturated rings. The number of fused-ring (bicyclic) bond motifs is 2. The van der Waals surface area contributed by atoms with Gasteiger partial charge in [-0.2, -0.15) is 15.2 Å². The van der Waals surface area contributed by atoms with Crippen LogP contribution in [0.15, 0.2) is 24.4 Å². The summed E-state index contributed by atoms with van der Waals surface area (Å²) in [5.41, 5.74) is 3.29. The molecule has 5 rings (SSSR count). The molecule has 10 heteroatoms. The van der Waals surface area contributed by atoms with Crippen LogP contribution in [-0.2, 0) is 0 Å². The second kappa shape index (κ2) is 8.11. The van der Waals surface area contributed by atoms with Crippen LogP contribution in [0.4, 0.5) is 17.5 Å². The number of rotatable bonds is 7. The van der Waals surface area contributed by atoms with E-state index in [1.807, 2.05) is 12.1 Å². The van der Waals surface area contributed by atoms with Gasteiger partial charge in [0.05, 0.1) is 16.6 Å². The fourth-order valence-corrected chi connectivity index (χ4v) is 3.66. The van der Waals surface area contributed by atoms with Crippen molar-refractivity contribution in [1.29, 1.82) is 10.7 Å². The Balaban J connectivity index is 1.56. The number of nitrogens with one attached hydrogen (secondary N) is 5. The molecule has 3 aromatic rings. The molecule has 2 aromatic heterocycles. The standard InChI is InChI=1S/C22H22N8O2/c1-25-15(6-7-23)14-4-5-16(19-18(14)31-8-9-32-19)28-22-29-20-17(12(10-24)11-26-20)21(30-22)27-13-2-3-13/h4-7,11,13,23,25H,2-3,8-9H2,1H3,(H3,26,27,28,29,30)/b15-6-,23-7?. The maximum absolute atomic E-state index is 9.44. The van der Waals surface area contributed by atoms with Crippen molar-refractivity contribution >= 4 is 40.4 Å². The minimum absolute atomic E-state index is 0.367. The van der Waals surface area contributed by atoms with Crippen molar-refractivity contribution in [2.75, 3.05) is 30.9 Å². The second-order valence-corrected chi connectivity index (χ2v) is 7.49. The van der Waals surface area contributed by atoms with Gasteiger partial charge in [0, 0.05) is 36.8 Å². The summed E-state index contributed by atoms with van der Waals surface area (Å²) < 4.78 is 11.9. The lowest BCUT2D eigenvalue weighted by molar-refractivity contribution is 0.172. The molecule has 0 unspecified atom stereocenters. The minimum atomic E-state index is 0.367. The number of aromatic nitrogens is 3. The Hall–Kier alpha value is -4.26. The SMILES string of the molecule is CN/C(=C\C=N)c1ccc(Nc2nc(NC3CC3)c3c(C#N)c[nH]c3n2)c2c1OCCO2. The van der Waals surface area contributed by atoms with Crippen LogP contribution < -0.4 is 25.4 Å². The van der Waals surface area contributed by atoms with E-state index in [1.165, 1.54) is 6.21 Å². The van der Waals surface area contributed by atoms with Crippen molar-refractivity contribution in [1.82, 2.24) is 20.3 Å². The second-order valence-electron chi connectivity index (χ2n) is 7.49. The third-order valence-corrected chi connectivity index (χ3v) is 5.31. The first-order valence-electron chi connectivity index (χ1n) is 10.4. The van der Waals surface area contributed by atoms with Crippen LogP contribution in [0.3, 0.4) is 0 Å². The summed E-state index contributed by atoms with van der Waals surface area (Å²) in [6, 6.07) is 6.32. The van der Waals surface area contributed by atoms with Gasteiger partial charge in [0.25, 0.3) is 0 Å². The lowest BCUT2D eigenvalue weighted by Gasteiger charge is -2.24. The summed E-state index contributed by atoms with van der Waals surface area (Å²) in [5.74, 6) is 2.16. The average molecular weight is 430 g/mol. The van der Waals surface area contributed by atoms with E-state index in [2.05, 4.69) is 37.0 Å². The fraction of sp³-hybridized carbons (Fsp3) is 0.273. The van der Waals surface area contributed by atoms with Crippen molar-refractivity contribution in [3.8, 4) is 17.6 Å². The van der Waals surface area contributed by atoms with Crippen LogP contribution in [-0.4, -0.2) is 47.5 Å². The highest BCUT2D eigenvalue weighted by Gasteiger charge is 2.26. The van der Waals surface area contributed by atoms with Crippen molar-refractivity contribution < 1.29 is 9.47 Å². The average Bonchev–Trinajstić information content (AvgIpc) is 3.53. The molecule has 162 valence electrons. The van der Waals surface area contributed by atoms with Crippen molar-refractivity contribution in [3.05, 3.63) is 35.5 Å². The van der Waals surface area contributed by atoms with E-state index in [4.69, 9.17) is 14.9 Å². The molecule has 10 nitrogen and oxygen atoms in total. The van der Waals surface area contributed by atoms with Gasteiger partial charge in [0.15, 0.2) is 11.5 Å². The molecule has 32 heavy (non-hydrogen) atoms. The summed E-state index contributed by atoms with van der Waals surface area (Å²) in [4.78, 5) is 12.3. The summed E-state index contributed by atoms with van der Waals surface area (Å²) >= 11 is 0. The molecule has 0 radical (unpaired) electrons. The van der Waals surface area contributed by atoms with E-state index in [-0.39, 0.29) is 0 Å². The normalized spacial score (nSPS) is 15.2. The number of aromatic amines is 1. The highest BCUT2D eigenvalue weighted by Crippen LogP contribution is 2.43. The molecule has 1 saturated carbocycles. The molecule has 0 saturated heterocycles. The number of anilines is 3. The van der Waals surface area contributed by atoms with Gasteiger partial charge in [0.2, 0.25) is 5.95 Å². The fourth-order valence-electron chi connectivity index (χ4n) is 3.66. The van der Waals surface area contributed by atoms with Gasteiger partial charge < -0.3 is 35.8 Å². The number of hydrogen-bond donors (Lipinski definition) is 5. The zero-order chi connectivity index (χ0) is 22.1. The Bertz CT molecular complexity index is 1270. The monoisotopic (exact) mass is 430 g/mol. The largest absolute Gasteiger partial charge is 0.485 e. The number of hydrogen-bond acceptors (Lipinski definition) is 9. The van der Waals surface area contributed by atoms with E-state index >= 15 is 0 Å².